The number of likely N-dealkylation sites (tertiary alicyclic amines) is 1. The summed E-state index contributed by atoms with van der Waals surface area (Å²) >= 11 is 0. The minimum atomic E-state index is -0.537. The van der Waals surface area contributed by atoms with Crippen LogP contribution in [0, 0.1) is 0 Å². The SMILES string of the molecule is COC(=O)C1CCCN1C(=O)c1cncc(O)c1. The Balaban J connectivity index is 2.20. The van der Waals surface area contributed by atoms with Crippen LogP contribution in [0.1, 0.15) is 23.2 Å². The van der Waals surface area contributed by atoms with E-state index in [4.69, 9.17) is 0 Å². The van der Waals surface area contributed by atoms with E-state index in [0.717, 1.165) is 6.42 Å². The van der Waals surface area contributed by atoms with Gasteiger partial charge in [-0.1, -0.05) is 0 Å². The first-order chi connectivity index (χ1) is 8.63. The van der Waals surface area contributed by atoms with Gasteiger partial charge >= 0.3 is 5.97 Å². The fourth-order valence-corrected chi connectivity index (χ4v) is 2.10. The number of carbonyl (C=O) groups excluding carboxylic acids is 2. The molecule has 2 rings (SSSR count). The van der Waals surface area contributed by atoms with Crippen LogP contribution in [0.2, 0.25) is 0 Å². The molecule has 1 aliphatic rings. The highest BCUT2D eigenvalue weighted by atomic mass is 16.5. The minimum Gasteiger partial charge on any atom is -0.506 e. The molecule has 18 heavy (non-hydrogen) atoms. The van der Waals surface area contributed by atoms with E-state index in [2.05, 4.69) is 9.72 Å². The number of ether oxygens (including phenoxy) is 1. The minimum absolute atomic E-state index is 0.0744. The molecule has 0 aromatic carbocycles. The van der Waals surface area contributed by atoms with E-state index in [1.807, 2.05) is 0 Å². The van der Waals surface area contributed by atoms with Crippen molar-refractivity contribution in [3.8, 4) is 5.75 Å². The summed E-state index contributed by atoms with van der Waals surface area (Å²) in [5.41, 5.74) is 0.269. The number of hydrogen-bond donors (Lipinski definition) is 1. The molecule has 1 aromatic heterocycles. The van der Waals surface area contributed by atoms with Gasteiger partial charge in [0.2, 0.25) is 0 Å². The average Bonchev–Trinajstić information content (AvgIpc) is 2.86. The van der Waals surface area contributed by atoms with E-state index in [0.29, 0.717) is 13.0 Å². The first kappa shape index (κ1) is 12.3. The molecule has 6 nitrogen and oxygen atoms in total. The van der Waals surface area contributed by atoms with Crippen molar-refractivity contribution < 1.29 is 19.4 Å². The highest BCUT2D eigenvalue weighted by molar-refractivity contribution is 5.97. The number of methoxy groups -OCH3 is 1. The Kier molecular flexibility index (Phi) is 3.45. The molecule has 6 heteroatoms. The van der Waals surface area contributed by atoms with Gasteiger partial charge in [0, 0.05) is 12.7 Å². The van der Waals surface area contributed by atoms with Crippen molar-refractivity contribution >= 4 is 11.9 Å². The predicted octanol–water partition coefficient (Wildman–Crippen LogP) is 0.565. The van der Waals surface area contributed by atoms with Crippen LogP contribution in [0.25, 0.3) is 0 Å². The number of aromatic nitrogens is 1. The van der Waals surface area contributed by atoms with Crippen LogP contribution >= 0.6 is 0 Å². The molecule has 2 heterocycles. The van der Waals surface area contributed by atoms with E-state index in [1.54, 1.807) is 0 Å². The van der Waals surface area contributed by atoms with Crippen LogP contribution in [0.5, 0.6) is 5.75 Å². The summed E-state index contributed by atoms with van der Waals surface area (Å²) in [5, 5.41) is 9.30. The summed E-state index contributed by atoms with van der Waals surface area (Å²) in [5.74, 6) is -0.796. The van der Waals surface area contributed by atoms with Crippen LogP contribution in [0.4, 0.5) is 0 Å². The largest absolute Gasteiger partial charge is 0.506 e. The zero-order chi connectivity index (χ0) is 13.1. The second kappa shape index (κ2) is 5.03. The van der Waals surface area contributed by atoms with Gasteiger partial charge in [0.1, 0.15) is 11.8 Å². The lowest BCUT2D eigenvalue weighted by molar-refractivity contribution is -0.145. The smallest absolute Gasteiger partial charge is 0.328 e. The molecule has 0 radical (unpaired) electrons. The van der Waals surface area contributed by atoms with E-state index in [-0.39, 0.29) is 17.2 Å². The molecule has 0 bridgehead atoms. The van der Waals surface area contributed by atoms with Crippen LogP contribution in [-0.4, -0.2) is 46.6 Å². The number of hydrogen-bond acceptors (Lipinski definition) is 5. The van der Waals surface area contributed by atoms with Gasteiger partial charge in [0.25, 0.3) is 5.91 Å². The highest BCUT2D eigenvalue weighted by Crippen LogP contribution is 2.21. The Bertz CT molecular complexity index is 475. The Labute approximate surface area is 104 Å². The lowest BCUT2D eigenvalue weighted by Crippen LogP contribution is -2.41. The first-order valence-corrected chi connectivity index (χ1v) is 5.66. The summed E-state index contributed by atoms with van der Waals surface area (Å²) < 4.78 is 4.68. The van der Waals surface area contributed by atoms with Gasteiger partial charge in [-0.15, -0.1) is 0 Å². The van der Waals surface area contributed by atoms with Gasteiger partial charge < -0.3 is 14.7 Å². The molecule has 1 atom stereocenters. The van der Waals surface area contributed by atoms with Gasteiger partial charge in [-0.05, 0) is 18.9 Å². The maximum absolute atomic E-state index is 12.2. The average molecular weight is 250 g/mol. The molecule has 0 spiro atoms. The molecule has 1 saturated heterocycles. The van der Waals surface area contributed by atoms with Gasteiger partial charge in [-0.2, -0.15) is 0 Å². The van der Waals surface area contributed by atoms with Crippen molar-refractivity contribution in [3.63, 3.8) is 0 Å². The topological polar surface area (TPSA) is 79.7 Å². The van der Waals surface area contributed by atoms with Crippen molar-refractivity contribution in [1.29, 1.82) is 0 Å². The molecular weight excluding hydrogens is 236 g/mol. The van der Waals surface area contributed by atoms with Crippen molar-refractivity contribution in [3.05, 3.63) is 24.0 Å². The summed E-state index contributed by atoms with van der Waals surface area (Å²) in [6, 6.07) is 0.798. The third-order valence-electron chi connectivity index (χ3n) is 2.96. The number of carbonyl (C=O) groups is 2. The maximum atomic E-state index is 12.2. The van der Waals surface area contributed by atoms with Gasteiger partial charge in [-0.25, -0.2) is 4.79 Å². The summed E-state index contributed by atoms with van der Waals surface area (Å²) in [6.45, 7) is 0.508. The third kappa shape index (κ3) is 2.27. The van der Waals surface area contributed by atoms with Gasteiger partial charge in [0.15, 0.2) is 0 Å². The zero-order valence-corrected chi connectivity index (χ0v) is 10.00. The Hall–Kier alpha value is -2.11. The molecule has 1 fully saturated rings. The lowest BCUT2D eigenvalue weighted by Gasteiger charge is -2.22. The van der Waals surface area contributed by atoms with Crippen molar-refractivity contribution in [2.75, 3.05) is 13.7 Å². The van der Waals surface area contributed by atoms with Crippen LogP contribution in [0.3, 0.4) is 0 Å². The Morgan fingerprint density at radius 2 is 2.28 bits per heavy atom. The van der Waals surface area contributed by atoms with E-state index in [9.17, 15) is 14.7 Å². The summed E-state index contributed by atoms with van der Waals surface area (Å²) in [4.78, 5) is 29.0. The van der Waals surface area contributed by atoms with Gasteiger partial charge in [-0.3, -0.25) is 9.78 Å². The van der Waals surface area contributed by atoms with Crippen LogP contribution in [-0.2, 0) is 9.53 Å². The fraction of sp³-hybridized carbons (Fsp3) is 0.417. The standard InChI is InChI=1S/C12H14N2O4/c1-18-12(17)10-3-2-4-14(10)11(16)8-5-9(15)7-13-6-8/h5-7,10,15H,2-4H2,1H3. The number of aromatic hydroxyl groups is 1. The van der Waals surface area contributed by atoms with E-state index >= 15 is 0 Å². The van der Waals surface area contributed by atoms with Gasteiger partial charge in [0.05, 0.1) is 18.9 Å². The maximum Gasteiger partial charge on any atom is 0.328 e. The van der Waals surface area contributed by atoms with Crippen LogP contribution in [0.15, 0.2) is 18.5 Å². The number of rotatable bonds is 2. The van der Waals surface area contributed by atoms with Crippen LogP contribution < -0.4 is 0 Å². The lowest BCUT2D eigenvalue weighted by atomic mass is 10.2. The molecule has 1 N–H and O–H groups in total. The Morgan fingerprint density at radius 3 is 2.94 bits per heavy atom. The van der Waals surface area contributed by atoms with E-state index in [1.165, 1.54) is 30.5 Å². The van der Waals surface area contributed by atoms with Crippen molar-refractivity contribution in [2.45, 2.75) is 18.9 Å². The zero-order valence-electron chi connectivity index (χ0n) is 10.00. The second-order valence-corrected chi connectivity index (χ2v) is 4.11. The first-order valence-electron chi connectivity index (χ1n) is 5.66. The monoisotopic (exact) mass is 250 g/mol. The quantitative estimate of drug-likeness (QED) is 0.776. The second-order valence-electron chi connectivity index (χ2n) is 4.11. The molecule has 1 unspecified atom stereocenters. The molecule has 96 valence electrons. The van der Waals surface area contributed by atoms with Crippen molar-refractivity contribution in [1.82, 2.24) is 9.88 Å². The molecule has 1 aliphatic heterocycles. The number of nitrogens with zero attached hydrogens (tertiary/aromatic N) is 2. The Morgan fingerprint density at radius 1 is 1.50 bits per heavy atom. The normalized spacial score (nSPS) is 18.7. The molecule has 0 saturated carbocycles. The molecule has 1 amide bonds. The van der Waals surface area contributed by atoms with E-state index < -0.39 is 12.0 Å². The number of pyridine rings is 1. The number of amides is 1. The third-order valence-corrected chi connectivity index (χ3v) is 2.96. The summed E-state index contributed by atoms with van der Waals surface area (Å²) in [6.07, 6.45) is 3.98. The molecule has 1 aromatic rings. The van der Waals surface area contributed by atoms with Crippen molar-refractivity contribution in [2.24, 2.45) is 0 Å². The predicted molar refractivity (Wildman–Crippen MR) is 62.0 cm³/mol. The highest BCUT2D eigenvalue weighted by Gasteiger charge is 2.35. The fourth-order valence-electron chi connectivity index (χ4n) is 2.10. The number of esters is 1. The summed E-state index contributed by atoms with van der Waals surface area (Å²) in [7, 11) is 1.30. The molecular formula is C12H14N2O4. The molecule has 0 aliphatic carbocycles.